The predicted octanol–water partition coefficient (Wildman–Crippen LogP) is 4.93. The molecule has 0 amide bonds. The minimum absolute atomic E-state index is 0.00670. The number of halogens is 2. The molecule has 1 atom stereocenters. The minimum Gasteiger partial charge on any atom is -0.476 e. The van der Waals surface area contributed by atoms with E-state index in [1.54, 1.807) is 38.4 Å². The van der Waals surface area contributed by atoms with Crippen molar-refractivity contribution in [3.63, 3.8) is 0 Å². The first-order valence-electron chi connectivity index (χ1n) is 9.96. The number of aromatic carboxylic acids is 1. The molecular formula is C22H22BrClN4O3. The van der Waals surface area contributed by atoms with Gasteiger partial charge in [0.2, 0.25) is 0 Å². The quantitative estimate of drug-likeness (QED) is 0.496. The smallest absolute Gasteiger partial charge is 0.356 e. The van der Waals surface area contributed by atoms with Gasteiger partial charge < -0.3 is 19.6 Å². The molecule has 1 aliphatic carbocycles. The number of anilines is 1. The zero-order valence-electron chi connectivity index (χ0n) is 17.1. The van der Waals surface area contributed by atoms with Crippen LogP contribution in [-0.2, 0) is 7.05 Å². The Morgan fingerprint density at radius 1 is 1.32 bits per heavy atom. The van der Waals surface area contributed by atoms with E-state index in [0.717, 1.165) is 24.8 Å². The minimum atomic E-state index is -1.09. The van der Waals surface area contributed by atoms with Crippen molar-refractivity contribution in [1.82, 2.24) is 14.1 Å². The second kappa shape index (κ2) is 8.51. The summed E-state index contributed by atoms with van der Waals surface area (Å²) in [6, 6.07) is 8.72. The molecule has 9 heteroatoms. The zero-order valence-corrected chi connectivity index (χ0v) is 19.4. The Morgan fingerprint density at radius 3 is 2.55 bits per heavy atom. The van der Waals surface area contributed by atoms with E-state index >= 15 is 0 Å². The number of imidazole rings is 1. The first kappa shape index (κ1) is 21.6. The lowest BCUT2D eigenvalue weighted by molar-refractivity contribution is 0.0689. The zero-order chi connectivity index (χ0) is 22.3. The molecule has 7 nitrogen and oxygen atoms in total. The average Bonchev–Trinajstić information content (AvgIpc) is 3.01. The molecule has 0 radical (unpaired) electrons. The third-order valence-corrected chi connectivity index (χ3v) is 6.51. The molecule has 0 saturated heterocycles. The number of nitrogens with zero attached hydrogens (tertiary/aromatic N) is 3. The summed E-state index contributed by atoms with van der Waals surface area (Å²) >= 11 is 9.58. The number of carbonyl (C=O) groups is 1. The van der Waals surface area contributed by atoms with Crippen LogP contribution in [0, 0.1) is 6.92 Å². The Bertz CT molecular complexity index is 1170. The van der Waals surface area contributed by atoms with Gasteiger partial charge in [-0.05, 0) is 65.9 Å². The van der Waals surface area contributed by atoms with E-state index in [1.807, 2.05) is 16.7 Å². The van der Waals surface area contributed by atoms with Gasteiger partial charge in [-0.1, -0.05) is 23.7 Å². The number of carboxylic acids is 1. The molecule has 0 spiro atoms. The molecule has 1 fully saturated rings. The van der Waals surface area contributed by atoms with Crippen molar-refractivity contribution in [3.8, 4) is 0 Å². The maximum absolute atomic E-state index is 12.1. The highest BCUT2D eigenvalue weighted by Crippen LogP contribution is 2.40. The molecule has 1 aliphatic rings. The van der Waals surface area contributed by atoms with Crippen molar-refractivity contribution >= 4 is 39.2 Å². The van der Waals surface area contributed by atoms with Crippen LogP contribution in [0.5, 0.6) is 0 Å². The number of hydrogen-bond donors (Lipinski definition) is 2. The van der Waals surface area contributed by atoms with Gasteiger partial charge in [-0.2, -0.15) is 0 Å². The summed E-state index contributed by atoms with van der Waals surface area (Å²) < 4.78 is 3.99. The van der Waals surface area contributed by atoms with E-state index in [2.05, 4.69) is 26.2 Å². The number of carboxylic acid groups (broad SMARTS) is 1. The molecule has 2 aromatic heterocycles. The highest BCUT2D eigenvalue weighted by atomic mass is 79.9. The second-order valence-electron chi connectivity index (χ2n) is 7.83. The fraction of sp³-hybridized carbons (Fsp3) is 0.318. The summed E-state index contributed by atoms with van der Waals surface area (Å²) in [7, 11) is 1.69. The lowest BCUT2D eigenvalue weighted by Gasteiger charge is -2.32. The summed E-state index contributed by atoms with van der Waals surface area (Å²) in [4.78, 5) is 28.6. The van der Waals surface area contributed by atoms with E-state index in [9.17, 15) is 14.7 Å². The number of benzene rings is 1. The van der Waals surface area contributed by atoms with E-state index in [1.165, 1.54) is 4.57 Å². The maximum atomic E-state index is 12.1. The van der Waals surface area contributed by atoms with Crippen molar-refractivity contribution in [2.45, 2.75) is 38.3 Å². The predicted molar refractivity (Wildman–Crippen MR) is 123 cm³/mol. The Morgan fingerprint density at radius 2 is 2.00 bits per heavy atom. The Hall–Kier alpha value is -2.58. The van der Waals surface area contributed by atoms with Gasteiger partial charge in [-0.25, -0.2) is 9.78 Å². The lowest BCUT2D eigenvalue weighted by Crippen LogP contribution is -2.26. The standard InChI is InChI=1S/C22H22BrClN4O3/c1-12-10-15(11-27(2)20(12)29)25-17(13-6-8-14(24)9-7-13)19-18(21(30)31)26-22(23)28(19)16-4-3-5-16/h6-11,16-17,25H,3-5H2,1-2H3,(H,30,31). The summed E-state index contributed by atoms with van der Waals surface area (Å²) in [5, 5.41) is 14.0. The van der Waals surface area contributed by atoms with E-state index < -0.39 is 12.0 Å². The average molecular weight is 506 g/mol. The summed E-state index contributed by atoms with van der Waals surface area (Å²) in [5.74, 6) is -1.09. The van der Waals surface area contributed by atoms with Crippen LogP contribution >= 0.6 is 27.5 Å². The van der Waals surface area contributed by atoms with Crippen LogP contribution < -0.4 is 10.9 Å². The summed E-state index contributed by atoms with van der Waals surface area (Å²) in [6.45, 7) is 1.75. The molecule has 4 rings (SSSR count). The molecule has 0 bridgehead atoms. The number of hydrogen-bond acceptors (Lipinski definition) is 4. The first-order chi connectivity index (χ1) is 14.8. The number of pyridine rings is 1. The summed E-state index contributed by atoms with van der Waals surface area (Å²) in [5.41, 5.74) is 2.61. The molecule has 2 heterocycles. The third-order valence-electron chi connectivity index (χ3n) is 5.70. The van der Waals surface area contributed by atoms with Gasteiger partial charge in [-0.15, -0.1) is 0 Å². The molecule has 31 heavy (non-hydrogen) atoms. The van der Waals surface area contributed by atoms with Gasteiger partial charge in [0.15, 0.2) is 10.4 Å². The van der Waals surface area contributed by atoms with E-state index in [4.69, 9.17) is 11.6 Å². The van der Waals surface area contributed by atoms with E-state index in [0.29, 0.717) is 26.7 Å². The Kier molecular flexibility index (Phi) is 5.94. The monoisotopic (exact) mass is 504 g/mol. The third kappa shape index (κ3) is 4.14. The van der Waals surface area contributed by atoms with Gasteiger partial charge in [0.25, 0.3) is 5.56 Å². The van der Waals surface area contributed by atoms with Crippen LogP contribution in [0.1, 0.15) is 58.7 Å². The molecule has 0 aliphatic heterocycles. The van der Waals surface area contributed by atoms with Gasteiger partial charge in [0.1, 0.15) is 0 Å². The highest BCUT2D eigenvalue weighted by Gasteiger charge is 2.34. The normalized spacial score (nSPS) is 14.8. The molecule has 2 N–H and O–H groups in total. The van der Waals surface area contributed by atoms with Crippen LogP contribution in [0.3, 0.4) is 0 Å². The fourth-order valence-electron chi connectivity index (χ4n) is 3.93. The maximum Gasteiger partial charge on any atom is 0.356 e. The number of aromatic nitrogens is 3. The van der Waals surface area contributed by atoms with Crippen molar-refractivity contribution in [2.24, 2.45) is 7.05 Å². The van der Waals surface area contributed by atoms with Crippen molar-refractivity contribution in [3.05, 3.63) is 79.2 Å². The van der Waals surface area contributed by atoms with Crippen LogP contribution in [0.25, 0.3) is 0 Å². The van der Waals surface area contributed by atoms with E-state index in [-0.39, 0.29) is 17.3 Å². The molecule has 1 aromatic carbocycles. The SMILES string of the molecule is Cc1cc(NC(c2ccc(Cl)cc2)c2c(C(=O)O)nc(Br)n2C2CCC2)cn(C)c1=O. The number of rotatable bonds is 6. The highest BCUT2D eigenvalue weighted by molar-refractivity contribution is 9.10. The van der Waals surface area contributed by atoms with Crippen LogP contribution in [0.2, 0.25) is 5.02 Å². The van der Waals surface area contributed by atoms with Crippen LogP contribution in [-0.4, -0.2) is 25.2 Å². The Labute approximate surface area is 192 Å². The fourth-order valence-corrected chi connectivity index (χ4v) is 4.71. The van der Waals surface area contributed by atoms with Crippen LogP contribution in [0.15, 0.2) is 46.1 Å². The number of aryl methyl sites for hydroxylation is 2. The van der Waals surface area contributed by atoms with Crippen molar-refractivity contribution in [1.29, 1.82) is 0 Å². The number of nitrogens with one attached hydrogen (secondary N) is 1. The van der Waals surface area contributed by atoms with Gasteiger partial charge >= 0.3 is 5.97 Å². The topological polar surface area (TPSA) is 89.2 Å². The summed E-state index contributed by atoms with van der Waals surface area (Å²) in [6.07, 6.45) is 4.73. The van der Waals surface area contributed by atoms with Crippen LogP contribution in [0.4, 0.5) is 5.69 Å². The molecular weight excluding hydrogens is 484 g/mol. The van der Waals surface area contributed by atoms with Gasteiger partial charge in [-0.3, -0.25) is 4.79 Å². The first-order valence-corrected chi connectivity index (χ1v) is 11.1. The molecule has 3 aromatic rings. The molecule has 162 valence electrons. The van der Waals surface area contributed by atoms with Crippen molar-refractivity contribution in [2.75, 3.05) is 5.32 Å². The molecule has 1 saturated carbocycles. The van der Waals surface area contributed by atoms with Gasteiger partial charge in [0.05, 0.1) is 17.4 Å². The lowest BCUT2D eigenvalue weighted by atomic mass is 9.91. The van der Waals surface area contributed by atoms with Gasteiger partial charge in [0, 0.05) is 29.9 Å². The molecule has 1 unspecified atom stereocenters. The van der Waals surface area contributed by atoms with Crippen molar-refractivity contribution < 1.29 is 9.90 Å². The largest absolute Gasteiger partial charge is 0.476 e. The Balaban J connectivity index is 1.90. The second-order valence-corrected chi connectivity index (χ2v) is 8.98.